The standard InChI is InChI=1S/C14H13F3O4S/c15-14(16,17)11-3-5-12(6-4-11)22(19,20)21-13(7-1-8-13)9-2-10-18/h3-6,18H,1,7-8,10H2. The van der Waals surface area contributed by atoms with Gasteiger partial charge >= 0.3 is 6.18 Å². The van der Waals surface area contributed by atoms with E-state index >= 15 is 0 Å². The molecule has 0 saturated heterocycles. The second-order valence-electron chi connectivity index (χ2n) is 4.87. The van der Waals surface area contributed by atoms with Crippen LogP contribution in [0, 0.1) is 11.8 Å². The number of hydrogen-bond donors (Lipinski definition) is 1. The highest BCUT2D eigenvalue weighted by Gasteiger charge is 2.41. The topological polar surface area (TPSA) is 63.6 Å². The predicted molar refractivity (Wildman–Crippen MR) is 71.2 cm³/mol. The molecule has 0 spiro atoms. The van der Waals surface area contributed by atoms with Crippen molar-refractivity contribution < 1.29 is 30.9 Å². The second-order valence-corrected chi connectivity index (χ2v) is 6.41. The molecule has 22 heavy (non-hydrogen) atoms. The smallest absolute Gasteiger partial charge is 0.384 e. The van der Waals surface area contributed by atoms with Gasteiger partial charge in [0, 0.05) is 0 Å². The minimum Gasteiger partial charge on any atom is -0.384 e. The van der Waals surface area contributed by atoms with Gasteiger partial charge in [-0.05, 0) is 43.5 Å². The average Bonchev–Trinajstić information content (AvgIpc) is 2.41. The van der Waals surface area contributed by atoms with Crippen LogP contribution in [0.5, 0.6) is 0 Å². The summed E-state index contributed by atoms with van der Waals surface area (Å²) in [6.07, 6.45) is -3.03. The van der Waals surface area contributed by atoms with Crippen LogP contribution >= 0.6 is 0 Å². The zero-order chi connectivity index (χ0) is 16.4. The molecule has 0 radical (unpaired) electrons. The van der Waals surface area contributed by atoms with Crippen molar-refractivity contribution in [2.24, 2.45) is 0 Å². The molecule has 120 valence electrons. The van der Waals surface area contributed by atoms with Gasteiger partial charge in [-0.25, -0.2) is 4.18 Å². The minimum atomic E-state index is -4.54. The SMILES string of the molecule is O=S(=O)(OC1(C#CCO)CCC1)c1ccc(C(F)(F)F)cc1. The van der Waals surface area contributed by atoms with E-state index in [0.29, 0.717) is 25.0 Å². The third kappa shape index (κ3) is 3.61. The van der Waals surface area contributed by atoms with Crippen LogP contribution in [-0.2, 0) is 20.5 Å². The van der Waals surface area contributed by atoms with Gasteiger partial charge < -0.3 is 5.11 Å². The minimum absolute atomic E-state index is 0.363. The molecule has 0 amide bonds. The highest BCUT2D eigenvalue weighted by Crippen LogP contribution is 2.38. The lowest BCUT2D eigenvalue weighted by Gasteiger charge is -2.35. The van der Waals surface area contributed by atoms with Crippen LogP contribution in [0.15, 0.2) is 29.2 Å². The zero-order valence-corrected chi connectivity index (χ0v) is 12.2. The van der Waals surface area contributed by atoms with Crippen molar-refractivity contribution in [3.05, 3.63) is 29.8 Å². The van der Waals surface area contributed by atoms with Crippen molar-refractivity contribution in [1.82, 2.24) is 0 Å². The van der Waals surface area contributed by atoms with Gasteiger partial charge in [-0.3, -0.25) is 0 Å². The Morgan fingerprint density at radius 3 is 2.23 bits per heavy atom. The van der Waals surface area contributed by atoms with Gasteiger partial charge in [0.15, 0.2) is 0 Å². The summed E-state index contributed by atoms with van der Waals surface area (Å²) >= 11 is 0. The van der Waals surface area contributed by atoms with E-state index in [1.54, 1.807) is 0 Å². The van der Waals surface area contributed by atoms with Crippen LogP contribution in [0.4, 0.5) is 13.2 Å². The van der Waals surface area contributed by atoms with Crippen LogP contribution in [0.1, 0.15) is 24.8 Å². The summed E-state index contributed by atoms with van der Waals surface area (Å²) < 4.78 is 66.7. The molecule has 0 bridgehead atoms. The molecule has 1 aromatic rings. The maximum atomic E-state index is 12.5. The van der Waals surface area contributed by atoms with E-state index in [9.17, 15) is 21.6 Å². The van der Waals surface area contributed by atoms with Gasteiger partial charge in [0.1, 0.15) is 12.2 Å². The average molecular weight is 334 g/mol. The molecular weight excluding hydrogens is 321 g/mol. The summed E-state index contributed by atoms with van der Waals surface area (Å²) in [4.78, 5) is -0.363. The van der Waals surface area contributed by atoms with E-state index in [-0.39, 0.29) is 4.90 Å². The molecule has 0 aromatic heterocycles. The Hall–Kier alpha value is -1.56. The maximum Gasteiger partial charge on any atom is 0.416 e. The molecule has 0 unspecified atom stereocenters. The van der Waals surface area contributed by atoms with Crippen LogP contribution in [0.3, 0.4) is 0 Å². The molecule has 1 saturated carbocycles. The summed E-state index contributed by atoms with van der Waals surface area (Å²) in [5.41, 5.74) is -2.13. The molecule has 0 atom stereocenters. The first kappa shape index (κ1) is 16.8. The van der Waals surface area contributed by atoms with Crippen LogP contribution < -0.4 is 0 Å². The molecule has 0 aliphatic heterocycles. The molecule has 1 N–H and O–H groups in total. The van der Waals surface area contributed by atoms with Gasteiger partial charge in [-0.1, -0.05) is 11.8 Å². The van der Waals surface area contributed by atoms with Crippen molar-refractivity contribution in [3.8, 4) is 11.8 Å². The Labute approximate surface area is 126 Å². The van der Waals surface area contributed by atoms with Gasteiger partial charge in [0.25, 0.3) is 10.1 Å². The lowest BCUT2D eigenvalue weighted by atomic mass is 9.81. The second kappa shape index (κ2) is 5.91. The van der Waals surface area contributed by atoms with E-state index < -0.39 is 34.1 Å². The van der Waals surface area contributed by atoms with Gasteiger partial charge in [-0.15, -0.1) is 0 Å². The molecule has 1 fully saturated rings. The largest absolute Gasteiger partial charge is 0.416 e. The third-order valence-corrected chi connectivity index (χ3v) is 4.68. The van der Waals surface area contributed by atoms with Crippen molar-refractivity contribution in [2.45, 2.75) is 35.9 Å². The molecule has 1 aromatic carbocycles. The van der Waals surface area contributed by atoms with E-state index in [1.807, 2.05) is 0 Å². The molecule has 0 heterocycles. The van der Waals surface area contributed by atoms with Crippen molar-refractivity contribution in [3.63, 3.8) is 0 Å². The number of alkyl halides is 3. The maximum absolute atomic E-state index is 12.5. The highest BCUT2D eigenvalue weighted by molar-refractivity contribution is 7.86. The van der Waals surface area contributed by atoms with Crippen LogP contribution in [-0.4, -0.2) is 25.7 Å². The summed E-state index contributed by atoms with van der Waals surface area (Å²) in [7, 11) is -4.22. The first-order chi connectivity index (χ1) is 10.2. The molecule has 8 heteroatoms. The number of aliphatic hydroxyl groups excluding tert-OH is 1. The summed E-state index contributed by atoms with van der Waals surface area (Å²) in [5, 5.41) is 8.69. The fourth-order valence-corrected chi connectivity index (χ4v) is 3.19. The Bertz CT molecular complexity index is 692. The predicted octanol–water partition coefficient (Wildman–Crippen LogP) is 2.33. The molecule has 1 aliphatic rings. The Morgan fingerprint density at radius 1 is 1.23 bits per heavy atom. The third-order valence-electron chi connectivity index (χ3n) is 3.30. The normalized spacial score (nSPS) is 17.3. The van der Waals surface area contributed by atoms with E-state index in [0.717, 1.165) is 18.6 Å². The number of aliphatic hydroxyl groups is 1. The Kier molecular flexibility index (Phi) is 4.52. The first-order valence-electron chi connectivity index (χ1n) is 6.42. The van der Waals surface area contributed by atoms with Crippen LogP contribution in [0.25, 0.3) is 0 Å². The Morgan fingerprint density at radius 2 is 1.82 bits per heavy atom. The highest BCUT2D eigenvalue weighted by atomic mass is 32.2. The summed E-state index contributed by atoms with van der Waals surface area (Å²) in [6.45, 7) is -0.425. The van der Waals surface area contributed by atoms with Gasteiger partial charge in [0.2, 0.25) is 0 Å². The summed E-state index contributed by atoms with van der Waals surface area (Å²) in [5.74, 6) is 4.92. The van der Waals surface area contributed by atoms with Crippen molar-refractivity contribution in [2.75, 3.05) is 6.61 Å². The quantitative estimate of drug-likeness (QED) is 0.681. The molecule has 1 aliphatic carbocycles. The summed E-state index contributed by atoms with van der Waals surface area (Å²) in [6, 6.07) is 3.07. The molecule has 4 nitrogen and oxygen atoms in total. The number of benzene rings is 1. The Balaban J connectivity index is 2.23. The first-order valence-corrected chi connectivity index (χ1v) is 7.83. The number of rotatable bonds is 3. The fourth-order valence-electron chi connectivity index (χ4n) is 2.00. The molecule has 2 rings (SSSR count). The van der Waals surface area contributed by atoms with Crippen molar-refractivity contribution in [1.29, 1.82) is 0 Å². The van der Waals surface area contributed by atoms with E-state index in [4.69, 9.17) is 9.29 Å². The van der Waals surface area contributed by atoms with Gasteiger partial charge in [0.05, 0.1) is 10.5 Å². The monoisotopic (exact) mass is 334 g/mol. The lowest BCUT2D eigenvalue weighted by molar-refractivity contribution is -0.137. The van der Waals surface area contributed by atoms with Crippen LogP contribution in [0.2, 0.25) is 0 Å². The van der Waals surface area contributed by atoms with Gasteiger partial charge in [-0.2, -0.15) is 21.6 Å². The molecular formula is C14H13F3O4S. The fraction of sp³-hybridized carbons (Fsp3) is 0.429. The van der Waals surface area contributed by atoms with E-state index in [1.165, 1.54) is 0 Å². The van der Waals surface area contributed by atoms with Crippen molar-refractivity contribution >= 4 is 10.1 Å². The van der Waals surface area contributed by atoms with E-state index in [2.05, 4.69) is 11.8 Å². The zero-order valence-electron chi connectivity index (χ0n) is 11.4. The number of halogens is 3. The lowest BCUT2D eigenvalue weighted by Crippen LogP contribution is -2.40. The number of hydrogen-bond acceptors (Lipinski definition) is 4.